The van der Waals surface area contributed by atoms with Crippen LogP contribution in [-0.2, 0) is 0 Å². The predicted octanol–water partition coefficient (Wildman–Crippen LogP) is -0.730. The summed E-state index contributed by atoms with van der Waals surface area (Å²) in [4.78, 5) is 13.5. The lowest BCUT2D eigenvalue weighted by molar-refractivity contribution is 0.0937. The molecular weight excluding hydrogens is 196 g/mol. The first-order valence-electron chi connectivity index (χ1n) is 4.83. The third-order valence-electron chi connectivity index (χ3n) is 2.18. The average molecular weight is 212 g/mol. The minimum absolute atomic E-state index is 0.0715. The number of nitrogens with one attached hydrogen (secondary N) is 2. The largest absolute Gasteiger partial charge is 0.348 e. The van der Waals surface area contributed by atoms with Gasteiger partial charge >= 0.3 is 0 Å². The molecule has 1 aromatic rings. The molecule has 0 aromatic carbocycles. The molecule has 15 heavy (non-hydrogen) atoms. The van der Waals surface area contributed by atoms with Gasteiger partial charge in [-0.1, -0.05) is 0 Å². The molecule has 7 nitrogen and oxygen atoms in total. The highest BCUT2D eigenvalue weighted by Crippen LogP contribution is 1.91. The number of carbonyl (C=O) groups excluding carboxylic acids is 1. The number of likely N-dealkylation sites (N-methyl/N-ethyl adjacent to an activating group) is 1. The fourth-order valence-corrected chi connectivity index (χ4v) is 0.941. The molecule has 0 atom stereocenters. The van der Waals surface area contributed by atoms with Crippen LogP contribution in [-0.4, -0.2) is 57.6 Å². The molecule has 1 heterocycles. The number of aromatic amines is 1. The van der Waals surface area contributed by atoms with Crippen LogP contribution in [0.25, 0.3) is 0 Å². The van der Waals surface area contributed by atoms with Gasteiger partial charge in [0.05, 0.1) is 0 Å². The minimum Gasteiger partial charge on any atom is -0.348 e. The summed E-state index contributed by atoms with van der Waals surface area (Å²) in [5, 5.41) is 15.4. The van der Waals surface area contributed by atoms with Crippen LogP contribution in [0.15, 0.2) is 0 Å². The first-order valence-corrected chi connectivity index (χ1v) is 4.83. The standard InChI is InChI=1S/C8H16N6O/c1-6(2)14(3)5-4-9-8(15)7-10-12-13-11-7/h6H,4-5H2,1-3H3,(H,9,15)(H,10,11,12,13). The summed E-state index contributed by atoms with van der Waals surface area (Å²) in [6, 6.07) is 0.465. The maximum atomic E-state index is 11.3. The number of aromatic nitrogens is 4. The number of nitrogens with zero attached hydrogens (tertiary/aromatic N) is 4. The number of hydrogen-bond acceptors (Lipinski definition) is 5. The van der Waals surface area contributed by atoms with Crippen LogP contribution >= 0.6 is 0 Å². The summed E-state index contributed by atoms with van der Waals surface area (Å²) >= 11 is 0. The van der Waals surface area contributed by atoms with E-state index in [1.165, 1.54) is 0 Å². The lowest BCUT2D eigenvalue weighted by Gasteiger charge is -2.20. The van der Waals surface area contributed by atoms with E-state index < -0.39 is 0 Å². The highest BCUT2D eigenvalue weighted by molar-refractivity contribution is 5.89. The number of rotatable bonds is 5. The lowest BCUT2D eigenvalue weighted by Crippen LogP contribution is -2.36. The number of amides is 1. The molecule has 1 amide bonds. The summed E-state index contributed by atoms with van der Waals surface area (Å²) in [6.07, 6.45) is 0. The van der Waals surface area contributed by atoms with E-state index >= 15 is 0 Å². The molecule has 0 radical (unpaired) electrons. The Labute approximate surface area is 88.2 Å². The van der Waals surface area contributed by atoms with Crippen molar-refractivity contribution in [2.75, 3.05) is 20.1 Å². The van der Waals surface area contributed by atoms with Crippen molar-refractivity contribution in [3.8, 4) is 0 Å². The summed E-state index contributed by atoms with van der Waals surface area (Å²) in [5.41, 5.74) is 0. The summed E-state index contributed by atoms with van der Waals surface area (Å²) in [5.74, 6) is -0.233. The summed E-state index contributed by atoms with van der Waals surface area (Å²) in [6.45, 7) is 5.56. The highest BCUT2D eigenvalue weighted by Gasteiger charge is 2.10. The van der Waals surface area contributed by atoms with Gasteiger partial charge in [0, 0.05) is 19.1 Å². The van der Waals surface area contributed by atoms with Crippen LogP contribution < -0.4 is 5.32 Å². The van der Waals surface area contributed by atoms with Gasteiger partial charge < -0.3 is 10.2 Å². The maximum Gasteiger partial charge on any atom is 0.292 e. The van der Waals surface area contributed by atoms with E-state index in [2.05, 4.69) is 44.7 Å². The SMILES string of the molecule is CC(C)N(C)CCNC(=O)c1nn[nH]n1. The third-order valence-corrected chi connectivity index (χ3v) is 2.18. The van der Waals surface area contributed by atoms with Crippen molar-refractivity contribution in [2.45, 2.75) is 19.9 Å². The van der Waals surface area contributed by atoms with Crippen LogP contribution in [0.2, 0.25) is 0 Å². The van der Waals surface area contributed by atoms with Gasteiger partial charge in [-0.2, -0.15) is 5.21 Å². The molecule has 0 unspecified atom stereocenters. The Balaban J connectivity index is 2.24. The van der Waals surface area contributed by atoms with Gasteiger partial charge in [-0.3, -0.25) is 4.79 Å². The third kappa shape index (κ3) is 3.62. The zero-order valence-electron chi connectivity index (χ0n) is 9.19. The molecule has 1 aromatic heterocycles. The Bertz CT molecular complexity index is 296. The summed E-state index contributed by atoms with van der Waals surface area (Å²) in [7, 11) is 2.01. The van der Waals surface area contributed by atoms with E-state index in [9.17, 15) is 4.79 Å². The second kappa shape index (κ2) is 5.40. The maximum absolute atomic E-state index is 11.3. The van der Waals surface area contributed by atoms with Gasteiger partial charge in [0.1, 0.15) is 0 Å². The fourth-order valence-electron chi connectivity index (χ4n) is 0.941. The Morgan fingerprint density at radius 1 is 1.60 bits per heavy atom. The van der Waals surface area contributed by atoms with E-state index in [0.717, 1.165) is 6.54 Å². The number of H-pyrrole nitrogens is 1. The van der Waals surface area contributed by atoms with Crippen LogP contribution in [0.5, 0.6) is 0 Å². The molecular formula is C8H16N6O. The van der Waals surface area contributed by atoms with Gasteiger partial charge in [0.15, 0.2) is 0 Å². The van der Waals surface area contributed by atoms with Gasteiger partial charge in [0.25, 0.3) is 11.7 Å². The minimum atomic E-state index is -0.305. The Kier molecular flexibility index (Phi) is 4.17. The smallest absolute Gasteiger partial charge is 0.292 e. The van der Waals surface area contributed by atoms with Crippen LogP contribution in [0.1, 0.15) is 24.5 Å². The van der Waals surface area contributed by atoms with Crippen LogP contribution in [0.3, 0.4) is 0 Å². The Morgan fingerprint density at radius 3 is 2.87 bits per heavy atom. The molecule has 0 bridgehead atoms. The molecule has 0 saturated heterocycles. The van der Waals surface area contributed by atoms with E-state index in [1.54, 1.807) is 0 Å². The number of carbonyl (C=O) groups is 1. The Morgan fingerprint density at radius 2 is 2.33 bits per heavy atom. The first kappa shape index (κ1) is 11.6. The molecule has 0 aliphatic heterocycles. The zero-order chi connectivity index (χ0) is 11.3. The zero-order valence-corrected chi connectivity index (χ0v) is 9.19. The molecule has 0 saturated carbocycles. The molecule has 0 aliphatic carbocycles. The van der Waals surface area contributed by atoms with Crippen molar-refractivity contribution < 1.29 is 4.79 Å². The van der Waals surface area contributed by atoms with E-state index in [0.29, 0.717) is 12.6 Å². The second-order valence-corrected chi connectivity index (χ2v) is 3.57. The number of hydrogen-bond donors (Lipinski definition) is 2. The van der Waals surface area contributed by atoms with Crippen molar-refractivity contribution >= 4 is 5.91 Å². The van der Waals surface area contributed by atoms with Crippen molar-refractivity contribution in [1.29, 1.82) is 0 Å². The van der Waals surface area contributed by atoms with Crippen molar-refractivity contribution in [1.82, 2.24) is 30.8 Å². The van der Waals surface area contributed by atoms with Crippen molar-refractivity contribution in [2.24, 2.45) is 0 Å². The van der Waals surface area contributed by atoms with E-state index in [4.69, 9.17) is 0 Å². The van der Waals surface area contributed by atoms with E-state index in [1.807, 2.05) is 7.05 Å². The van der Waals surface area contributed by atoms with Gasteiger partial charge in [-0.25, -0.2) is 0 Å². The molecule has 0 aliphatic rings. The molecule has 0 spiro atoms. The quantitative estimate of drug-likeness (QED) is 0.672. The van der Waals surface area contributed by atoms with Crippen molar-refractivity contribution in [3.05, 3.63) is 5.82 Å². The van der Waals surface area contributed by atoms with Crippen LogP contribution in [0.4, 0.5) is 0 Å². The summed E-state index contributed by atoms with van der Waals surface area (Å²) < 4.78 is 0. The van der Waals surface area contributed by atoms with Crippen LogP contribution in [0, 0.1) is 0 Å². The number of tetrazole rings is 1. The monoisotopic (exact) mass is 212 g/mol. The second-order valence-electron chi connectivity index (χ2n) is 3.57. The fraction of sp³-hybridized carbons (Fsp3) is 0.750. The first-order chi connectivity index (χ1) is 7.11. The van der Waals surface area contributed by atoms with Gasteiger partial charge in [-0.05, 0) is 26.1 Å². The highest BCUT2D eigenvalue weighted by atomic mass is 16.2. The molecule has 7 heteroatoms. The topological polar surface area (TPSA) is 86.8 Å². The van der Waals surface area contributed by atoms with Gasteiger partial charge in [-0.15, -0.1) is 10.2 Å². The van der Waals surface area contributed by atoms with Crippen molar-refractivity contribution in [3.63, 3.8) is 0 Å². The predicted molar refractivity (Wildman–Crippen MR) is 54.3 cm³/mol. The molecule has 0 fully saturated rings. The lowest BCUT2D eigenvalue weighted by atomic mass is 10.3. The molecule has 1 rings (SSSR count). The average Bonchev–Trinajstić information content (AvgIpc) is 2.70. The molecule has 84 valence electrons. The van der Waals surface area contributed by atoms with E-state index in [-0.39, 0.29) is 11.7 Å². The molecule has 2 N–H and O–H groups in total. The van der Waals surface area contributed by atoms with Gasteiger partial charge in [0.2, 0.25) is 0 Å². The normalized spacial score (nSPS) is 11.0. The Hall–Kier alpha value is -1.50.